The molecule has 0 aromatic rings. The van der Waals surface area contributed by atoms with E-state index in [1.165, 1.54) is 0 Å². The Balaban J connectivity index is 4.51. The number of halogens is 1. The third-order valence-corrected chi connectivity index (χ3v) is 2.07. The first-order valence-corrected chi connectivity index (χ1v) is 5.53. The second-order valence-corrected chi connectivity index (χ2v) is 6.47. The number of alkyl halides is 1. The van der Waals surface area contributed by atoms with Crippen LogP contribution < -0.4 is 0 Å². The van der Waals surface area contributed by atoms with Gasteiger partial charge in [0.2, 0.25) is 0 Å². The molecular weight excluding hydrogens is 212 g/mol. The van der Waals surface area contributed by atoms with E-state index in [1.54, 1.807) is 7.11 Å². The summed E-state index contributed by atoms with van der Waals surface area (Å²) < 4.78 is 5.32. The van der Waals surface area contributed by atoms with Crippen molar-refractivity contribution in [2.75, 3.05) is 7.11 Å². The lowest BCUT2D eigenvalue weighted by Crippen LogP contribution is -2.32. The monoisotopic (exact) mass is 234 g/mol. The van der Waals surface area contributed by atoms with E-state index in [1.807, 2.05) is 41.5 Å². The minimum absolute atomic E-state index is 0.187. The van der Waals surface area contributed by atoms with Gasteiger partial charge in [0, 0.05) is 13.5 Å². The molecule has 0 aliphatic rings. The second-order valence-electron chi connectivity index (χ2n) is 5.65. The van der Waals surface area contributed by atoms with Crippen molar-refractivity contribution < 1.29 is 4.74 Å². The quantitative estimate of drug-likeness (QED) is 0.411. The van der Waals surface area contributed by atoms with Crippen LogP contribution in [0.5, 0.6) is 0 Å². The maximum Gasteiger partial charge on any atom is 0.154 e. The average Bonchev–Trinajstić information content (AvgIpc) is 1.98. The van der Waals surface area contributed by atoms with Crippen LogP contribution in [-0.4, -0.2) is 23.2 Å². The van der Waals surface area contributed by atoms with Crippen molar-refractivity contribution >= 4 is 11.6 Å². The van der Waals surface area contributed by atoms with Crippen molar-refractivity contribution in [3.8, 4) is 0 Å². The zero-order valence-corrected chi connectivity index (χ0v) is 11.6. The van der Waals surface area contributed by atoms with Crippen LogP contribution in [0.4, 0.5) is 0 Å². The SMILES string of the molecule is COC(C)(C)CC(C)(Cl)/N=N/C(C)(C)C. The molecule has 1 unspecified atom stereocenters. The van der Waals surface area contributed by atoms with E-state index in [0.29, 0.717) is 6.42 Å². The summed E-state index contributed by atoms with van der Waals surface area (Å²) in [5.74, 6) is 0. The van der Waals surface area contributed by atoms with Crippen LogP contribution in [0.3, 0.4) is 0 Å². The lowest BCUT2D eigenvalue weighted by molar-refractivity contribution is 0.00725. The molecule has 0 aromatic heterocycles. The summed E-state index contributed by atoms with van der Waals surface area (Å²) in [6, 6.07) is 0. The van der Waals surface area contributed by atoms with Crippen LogP contribution in [0, 0.1) is 0 Å². The largest absolute Gasteiger partial charge is 0.379 e. The Morgan fingerprint density at radius 3 is 1.80 bits per heavy atom. The molecule has 0 fully saturated rings. The van der Waals surface area contributed by atoms with Gasteiger partial charge < -0.3 is 4.74 Å². The highest BCUT2D eigenvalue weighted by molar-refractivity contribution is 6.23. The number of nitrogens with zero attached hydrogens (tertiary/aromatic N) is 2. The van der Waals surface area contributed by atoms with Gasteiger partial charge in [-0.05, 0) is 41.5 Å². The van der Waals surface area contributed by atoms with Gasteiger partial charge in [-0.2, -0.15) is 10.2 Å². The zero-order chi connectivity index (χ0) is 12.3. The van der Waals surface area contributed by atoms with E-state index in [2.05, 4.69) is 10.2 Å². The van der Waals surface area contributed by atoms with E-state index < -0.39 is 5.00 Å². The molecule has 0 aliphatic carbocycles. The van der Waals surface area contributed by atoms with Gasteiger partial charge >= 0.3 is 0 Å². The Labute approximate surface area is 98.3 Å². The lowest BCUT2D eigenvalue weighted by Gasteiger charge is -2.29. The van der Waals surface area contributed by atoms with Crippen molar-refractivity contribution in [3.63, 3.8) is 0 Å². The Morgan fingerprint density at radius 1 is 1.00 bits per heavy atom. The van der Waals surface area contributed by atoms with E-state index in [9.17, 15) is 0 Å². The molecule has 0 heterocycles. The van der Waals surface area contributed by atoms with Crippen molar-refractivity contribution in [2.24, 2.45) is 10.2 Å². The van der Waals surface area contributed by atoms with Crippen molar-refractivity contribution in [1.29, 1.82) is 0 Å². The fourth-order valence-electron chi connectivity index (χ4n) is 1.14. The van der Waals surface area contributed by atoms with Gasteiger partial charge in [-0.25, -0.2) is 0 Å². The molecule has 0 spiro atoms. The number of hydrogen-bond acceptors (Lipinski definition) is 3. The van der Waals surface area contributed by atoms with Crippen LogP contribution in [-0.2, 0) is 4.74 Å². The normalized spacial score (nSPS) is 18.1. The van der Waals surface area contributed by atoms with Gasteiger partial charge in [-0.1, -0.05) is 11.6 Å². The highest BCUT2D eigenvalue weighted by atomic mass is 35.5. The third-order valence-electron chi connectivity index (χ3n) is 1.86. The van der Waals surface area contributed by atoms with Gasteiger partial charge in [0.1, 0.15) is 0 Å². The summed E-state index contributed by atoms with van der Waals surface area (Å²) in [7, 11) is 1.67. The smallest absolute Gasteiger partial charge is 0.154 e. The summed E-state index contributed by atoms with van der Waals surface area (Å²) in [6.07, 6.45) is 0.623. The molecule has 0 saturated carbocycles. The molecule has 0 aliphatic heterocycles. The van der Waals surface area contributed by atoms with Crippen LogP contribution in [0.2, 0.25) is 0 Å². The summed E-state index contributed by atoms with van der Waals surface area (Å²) in [5, 5.41) is 8.36. The molecule has 15 heavy (non-hydrogen) atoms. The Bertz CT molecular complexity index is 229. The Morgan fingerprint density at radius 2 is 1.47 bits per heavy atom. The minimum Gasteiger partial charge on any atom is -0.379 e. The van der Waals surface area contributed by atoms with E-state index in [-0.39, 0.29) is 11.1 Å². The van der Waals surface area contributed by atoms with E-state index in [0.717, 1.165) is 0 Å². The van der Waals surface area contributed by atoms with E-state index >= 15 is 0 Å². The number of ether oxygens (including phenoxy) is 1. The van der Waals surface area contributed by atoms with Gasteiger partial charge in [0.15, 0.2) is 5.00 Å². The molecule has 90 valence electrons. The summed E-state index contributed by atoms with van der Waals surface area (Å²) >= 11 is 6.27. The predicted molar refractivity (Wildman–Crippen MR) is 64.6 cm³/mol. The first kappa shape index (κ1) is 14.8. The van der Waals surface area contributed by atoms with Gasteiger partial charge in [0.25, 0.3) is 0 Å². The zero-order valence-electron chi connectivity index (χ0n) is 10.9. The molecule has 4 heteroatoms. The van der Waals surface area contributed by atoms with Crippen molar-refractivity contribution in [3.05, 3.63) is 0 Å². The van der Waals surface area contributed by atoms with Crippen LogP contribution >= 0.6 is 11.6 Å². The average molecular weight is 235 g/mol. The third kappa shape index (κ3) is 7.74. The van der Waals surface area contributed by atoms with E-state index in [4.69, 9.17) is 16.3 Å². The Kier molecular flexibility index (Phi) is 4.74. The highest BCUT2D eigenvalue weighted by Crippen LogP contribution is 2.30. The number of rotatable bonds is 4. The maximum absolute atomic E-state index is 6.27. The Hall–Kier alpha value is -0.150. The lowest BCUT2D eigenvalue weighted by atomic mass is 10.00. The number of methoxy groups -OCH3 is 1. The molecule has 0 aromatic carbocycles. The molecular formula is C11H23ClN2O. The standard InChI is InChI=1S/C11H23ClN2O/c1-9(2,3)13-14-11(6,12)8-10(4,5)15-7/h8H2,1-7H3/b14-13+. The molecule has 1 atom stereocenters. The summed E-state index contributed by atoms with van der Waals surface area (Å²) in [5.41, 5.74) is -0.471. The van der Waals surface area contributed by atoms with Crippen LogP contribution in [0.15, 0.2) is 10.2 Å². The first-order valence-electron chi connectivity index (χ1n) is 5.16. The number of azo groups is 1. The molecule has 0 saturated heterocycles. The topological polar surface area (TPSA) is 34.0 Å². The molecule has 0 rings (SSSR count). The first-order chi connectivity index (χ1) is 6.47. The maximum atomic E-state index is 6.27. The van der Waals surface area contributed by atoms with Gasteiger partial charge in [-0.3, -0.25) is 0 Å². The summed E-state index contributed by atoms with van der Waals surface area (Å²) in [4.78, 5) is -0.702. The van der Waals surface area contributed by atoms with Gasteiger partial charge in [-0.15, -0.1) is 0 Å². The highest BCUT2D eigenvalue weighted by Gasteiger charge is 2.31. The molecule has 0 amide bonds. The second kappa shape index (κ2) is 4.79. The minimum atomic E-state index is -0.702. The molecule has 0 radical (unpaired) electrons. The predicted octanol–water partition coefficient (Wildman–Crippen LogP) is 4.01. The van der Waals surface area contributed by atoms with Crippen LogP contribution in [0.1, 0.15) is 48.0 Å². The molecule has 0 N–H and O–H groups in total. The van der Waals surface area contributed by atoms with Crippen molar-refractivity contribution in [2.45, 2.75) is 64.1 Å². The fraction of sp³-hybridized carbons (Fsp3) is 1.00. The fourth-order valence-corrected chi connectivity index (χ4v) is 1.50. The molecule has 3 nitrogen and oxygen atoms in total. The van der Waals surface area contributed by atoms with Gasteiger partial charge in [0.05, 0.1) is 11.1 Å². The van der Waals surface area contributed by atoms with Crippen molar-refractivity contribution in [1.82, 2.24) is 0 Å². The summed E-state index contributed by atoms with van der Waals surface area (Å²) in [6.45, 7) is 11.8. The van der Waals surface area contributed by atoms with Crippen LogP contribution in [0.25, 0.3) is 0 Å². The molecule has 0 bridgehead atoms. The number of hydrogen-bond donors (Lipinski definition) is 0.